The van der Waals surface area contributed by atoms with Gasteiger partial charge in [-0.25, -0.2) is 0 Å². The van der Waals surface area contributed by atoms with Crippen LogP contribution in [0, 0.1) is 5.92 Å². The van der Waals surface area contributed by atoms with Crippen LogP contribution in [0.5, 0.6) is 5.75 Å². The van der Waals surface area contributed by atoms with E-state index >= 15 is 0 Å². The molecular weight excluding hydrogens is 333 g/mol. The van der Waals surface area contributed by atoms with Gasteiger partial charge in [0.25, 0.3) is 0 Å². The summed E-state index contributed by atoms with van der Waals surface area (Å²) in [5.74, 6) is -0.759. The first-order chi connectivity index (χ1) is 10.4. The van der Waals surface area contributed by atoms with Crippen LogP contribution >= 0.6 is 12.4 Å². The lowest BCUT2D eigenvalue weighted by Gasteiger charge is -2.14. The van der Waals surface area contributed by atoms with Gasteiger partial charge in [0.1, 0.15) is 5.75 Å². The van der Waals surface area contributed by atoms with Gasteiger partial charge in [-0.2, -0.15) is 0 Å². The Morgan fingerprint density at radius 3 is 2.70 bits per heavy atom. The van der Waals surface area contributed by atoms with Gasteiger partial charge in [-0.1, -0.05) is 18.2 Å². The number of ether oxygens (including phenoxy) is 1. The molecule has 4 nitrogen and oxygen atoms in total. The highest BCUT2D eigenvalue weighted by atomic mass is 35.5. The molecule has 3 unspecified atom stereocenters. The van der Waals surface area contributed by atoms with Crippen molar-refractivity contribution in [1.82, 2.24) is 10.6 Å². The largest absolute Gasteiger partial charge is 0.573 e. The van der Waals surface area contributed by atoms with Crippen molar-refractivity contribution in [1.29, 1.82) is 0 Å². The van der Waals surface area contributed by atoms with Gasteiger partial charge < -0.3 is 15.4 Å². The minimum absolute atomic E-state index is 0. The second kappa shape index (κ2) is 6.97. The van der Waals surface area contributed by atoms with Crippen LogP contribution in [-0.2, 0) is 4.79 Å². The maximum absolute atomic E-state index is 12.4. The number of hydrogen-bond donors (Lipinski definition) is 2. The van der Waals surface area contributed by atoms with E-state index in [4.69, 9.17) is 0 Å². The van der Waals surface area contributed by atoms with E-state index in [0.717, 1.165) is 19.5 Å². The summed E-state index contributed by atoms with van der Waals surface area (Å²) >= 11 is 0. The summed E-state index contributed by atoms with van der Waals surface area (Å²) in [7, 11) is 0. The maximum Gasteiger partial charge on any atom is 0.573 e. The monoisotopic (exact) mass is 350 g/mol. The van der Waals surface area contributed by atoms with Crippen molar-refractivity contribution in [2.75, 3.05) is 13.1 Å². The predicted octanol–water partition coefficient (Wildman–Crippen LogP) is 2.59. The van der Waals surface area contributed by atoms with E-state index < -0.39 is 6.36 Å². The first kappa shape index (κ1) is 17.9. The fourth-order valence-electron chi connectivity index (χ4n) is 2.92. The third-order valence-corrected chi connectivity index (χ3v) is 4.08. The lowest BCUT2D eigenvalue weighted by molar-refractivity contribution is -0.274. The highest BCUT2D eigenvalue weighted by Crippen LogP contribution is 2.51. The van der Waals surface area contributed by atoms with Gasteiger partial charge in [0.15, 0.2) is 0 Å². The molecule has 1 aliphatic heterocycles. The summed E-state index contributed by atoms with van der Waals surface area (Å²) in [4.78, 5) is 12.1. The van der Waals surface area contributed by atoms with Crippen molar-refractivity contribution in [2.45, 2.75) is 31.2 Å². The molecule has 2 N–H and O–H groups in total. The number of nitrogens with one attached hydrogen (secondary N) is 2. The molecule has 1 aliphatic carbocycles. The Morgan fingerprint density at radius 2 is 2.04 bits per heavy atom. The number of carbonyl (C=O) groups excluding carboxylic acids is 1. The minimum atomic E-state index is -4.72. The number of alkyl halides is 3. The number of hydrogen-bond acceptors (Lipinski definition) is 3. The lowest BCUT2D eigenvalue weighted by Crippen LogP contribution is -2.37. The molecule has 0 radical (unpaired) electrons. The summed E-state index contributed by atoms with van der Waals surface area (Å²) in [6.07, 6.45) is -3.28. The third-order valence-electron chi connectivity index (χ3n) is 4.08. The maximum atomic E-state index is 12.4. The van der Waals surface area contributed by atoms with Crippen LogP contribution in [0.1, 0.15) is 24.3 Å². The van der Waals surface area contributed by atoms with Crippen molar-refractivity contribution in [3.8, 4) is 5.75 Å². The van der Waals surface area contributed by atoms with E-state index in [0.29, 0.717) is 12.0 Å². The third kappa shape index (κ3) is 4.51. The number of amides is 1. The van der Waals surface area contributed by atoms with Crippen LogP contribution in [0.15, 0.2) is 24.3 Å². The summed E-state index contributed by atoms with van der Waals surface area (Å²) < 4.78 is 41.3. The van der Waals surface area contributed by atoms with Crippen molar-refractivity contribution >= 4 is 18.3 Å². The molecule has 2 fully saturated rings. The normalized spacial score (nSPS) is 26.3. The summed E-state index contributed by atoms with van der Waals surface area (Å²) in [5, 5.41) is 6.10. The highest BCUT2D eigenvalue weighted by molar-refractivity contribution is 5.85. The molecule has 3 atom stereocenters. The zero-order valence-corrected chi connectivity index (χ0v) is 13.0. The predicted molar refractivity (Wildman–Crippen MR) is 80.6 cm³/mol. The van der Waals surface area contributed by atoms with Crippen LogP contribution in [0.4, 0.5) is 13.2 Å². The van der Waals surface area contributed by atoms with Gasteiger partial charge in [0.05, 0.1) is 0 Å². The molecule has 1 heterocycles. The number of halogens is 4. The standard InChI is InChI=1S/C15H17F3N2O2.ClH/c16-15(17,18)22-13-4-2-1-3-10(13)11-7-12(11)14(21)20-9-5-6-19-8-9;/h1-4,9,11-12,19H,5-8H2,(H,20,21);1H. The van der Waals surface area contributed by atoms with Crippen LogP contribution in [0.25, 0.3) is 0 Å². The van der Waals surface area contributed by atoms with E-state index in [1.165, 1.54) is 12.1 Å². The first-order valence-corrected chi connectivity index (χ1v) is 7.30. The molecule has 1 saturated heterocycles. The number of benzene rings is 1. The second-order valence-electron chi connectivity index (χ2n) is 5.73. The van der Waals surface area contributed by atoms with E-state index in [9.17, 15) is 18.0 Å². The topological polar surface area (TPSA) is 50.4 Å². The van der Waals surface area contributed by atoms with Crippen molar-refractivity contribution in [2.24, 2.45) is 5.92 Å². The van der Waals surface area contributed by atoms with Gasteiger partial charge in [-0.05, 0) is 36.9 Å². The molecule has 8 heteroatoms. The van der Waals surface area contributed by atoms with Crippen LogP contribution in [0.2, 0.25) is 0 Å². The van der Waals surface area contributed by atoms with Crippen molar-refractivity contribution in [3.05, 3.63) is 29.8 Å². The second-order valence-corrected chi connectivity index (χ2v) is 5.73. The first-order valence-electron chi connectivity index (χ1n) is 7.30. The molecular formula is C15H18ClF3N2O2. The lowest BCUT2D eigenvalue weighted by atomic mass is 10.1. The van der Waals surface area contributed by atoms with Gasteiger partial charge in [0.2, 0.25) is 5.91 Å². The molecule has 0 spiro atoms. The van der Waals surface area contributed by atoms with Crippen LogP contribution in [0.3, 0.4) is 0 Å². The quantitative estimate of drug-likeness (QED) is 0.877. The zero-order valence-electron chi connectivity index (χ0n) is 12.2. The molecule has 3 rings (SSSR count). The van der Waals surface area contributed by atoms with E-state index in [-0.39, 0.29) is 41.9 Å². The highest BCUT2D eigenvalue weighted by Gasteiger charge is 2.46. The Bertz CT molecular complexity index is 562. The van der Waals surface area contributed by atoms with Gasteiger partial charge >= 0.3 is 6.36 Å². The fraction of sp³-hybridized carbons (Fsp3) is 0.533. The molecule has 1 amide bonds. The Balaban J connectivity index is 0.00000192. The Morgan fingerprint density at radius 1 is 1.30 bits per heavy atom. The Labute approximate surface area is 138 Å². The van der Waals surface area contributed by atoms with Crippen LogP contribution in [-0.4, -0.2) is 31.4 Å². The Hall–Kier alpha value is -1.47. The average Bonchev–Trinajstić information content (AvgIpc) is 3.08. The van der Waals surface area contributed by atoms with E-state index in [2.05, 4.69) is 15.4 Å². The van der Waals surface area contributed by atoms with Gasteiger partial charge in [0, 0.05) is 18.5 Å². The number of para-hydroxylation sites is 1. The molecule has 0 aromatic heterocycles. The molecule has 1 aromatic carbocycles. The molecule has 0 bridgehead atoms. The number of carbonyl (C=O) groups is 1. The summed E-state index contributed by atoms with van der Waals surface area (Å²) in [6, 6.07) is 6.15. The van der Waals surface area contributed by atoms with Gasteiger partial charge in [-0.15, -0.1) is 25.6 Å². The molecule has 2 aliphatic rings. The Kier molecular flexibility index (Phi) is 5.41. The average molecular weight is 351 g/mol. The molecule has 23 heavy (non-hydrogen) atoms. The summed E-state index contributed by atoms with van der Waals surface area (Å²) in [5.41, 5.74) is 0.449. The SMILES string of the molecule is Cl.O=C(NC1CCNC1)C1CC1c1ccccc1OC(F)(F)F. The van der Waals surface area contributed by atoms with E-state index in [1.54, 1.807) is 12.1 Å². The fourth-order valence-corrected chi connectivity index (χ4v) is 2.92. The van der Waals surface area contributed by atoms with Gasteiger partial charge in [-0.3, -0.25) is 4.79 Å². The van der Waals surface area contributed by atoms with Crippen molar-refractivity contribution < 1.29 is 22.7 Å². The van der Waals surface area contributed by atoms with Crippen LogP contribution < -0.4 is 15.4 Å². The number of rotatable bonds is 4. The molecule has 128 valence electrons. The molecule has 1 aromatic rings. The minimum Gasteiger partial charge on any atom is -0.405 e. The van der Waals surface area contributed by atoms with Crippen molar-refractivity contribution in [3.63, 3.8) is 0 Å². The summed E-state index contributed by atoms with van der Waals surface area (Å²) in [6.45, 7) is 1.62. The van der Waals surface area contributed by atoms with E-state index in [1.807, 2.05) is 0 Å². The zero-order chi connectivity index (χ0) is 15.7. The smallest absolute Gasteiger partial charge is 0.405 e. The molecule has 1 saturated carbocycles.